The molecule has 1 aromatic heterocycles. The fraction of sp³-hybridized carbons (Fsp3) is 0.190. The first-order valence-corrected chi connectivity index (χ1v) is 11.3. The van der Waals surface area contributed by atoms with Crippen molar-refractivity contribution in [3.05, 3.63) is 70.1 Å². The molecule has 3 N–H and O–H groups in total. The number of benzene rings is 2. The lowest BCUT2D eigenvalue weighted by Gasteiger charge is -2.11. The van der Waals surface area contributed by atoms with Gasteiger partial charge in [-0.15, -0.1) is 11.3 Å². The molecule has 0 bridgehead atoms. The van der Waals surface area contributed by atoms with Crippen molar-refractivity contribution < 1.29 is 13.2 Å². The summed E-state index contributed by atoms with van der Waals surface area (Å²) in [6.07, 6.45) is 0. The third-order valence-corrected chi connectivity index (χ3v) is 7.53. The molecule has 1 heterocycles. The summed E-state index contributed by atoms with van der Waals surface area (Å²) in [6.45, 7) is 5.46. The maximum Gasteiger partial charge on any atom is 0.205 e. The number of thiophene rings is 1. The SMILES string of the molecule is CCS(=O)(=O)c1c(Nc2cc(C)ccc2C)sc(C(=O)c2ccccc2)c1N. The zero-order valence-corrected chi connectivity index (χ0v) is 17.6. The first-order chi connectivity index (χ1) is 13.2. The smallest absolute Gasteiger partial charge is 0.205 e. The van der Waals surface area contributed by atoms with E-state index >= 15 is 0 Å². The van der Waals surface area contributed by atoms with E-state index in [1.807, 2.05) is 38.1 Å². The second-order valence-electron chi connectivity index (χ2n) is 6.55. The molecule has 5 nitrogen and oxygen atoms in total. The summed E-state index contributed by atoms with van der Waals surface area (Å²) in [5, 5.41) is 3.56. The van der Waals surface area contributed by atoms with Crippen molar-refractivity contribution in [3.63, 3.8) is 0 Å². The molecular formula is C21H22N2O3S2. The van der Waals surface area contributed by atoms with E-state index < -0.39 is 9.84 Å². The second kappa shape index (κ2) is 7.77. The predicted molar refractivity (Wildman–Crippen MR) is 116 cm³/mol. The molecule has 3 aromatic rings. The van der Waals surface area contributed by atoms with Crippen LogP contribution in [-0.4, -0.2) is 20.0 Å². The molecule has 0 aliphatic carbocycles. The molecule has 0 aliphatic heterocycles. The molecule has 0 amide bonds. The molecule has 0 radical (unpaired) electrons. The number of hydrogen-bond donors (Lipinski definition) is 2. The number of hydrogen-bond acceptors (Lipinski definition) is 6. The lowest BCUT2D eigenvalue weighted by molar-refractivity contribution is 0.104. The zero-order valence-electron chi connectivity index (χ0n) is 15.9. The fourth-order valence-corrected chi connectivity index (χ4v) is 5.47. The van der Waals surface area contributed by atoms with E-state index in [0.29, 0.717) is 10.6 Å². The van der Waals surface area contributed by atoms with Crippen molar-refractivity contribution in [2.24, 2.45) is 0 Å². The van der Waals surface area contributed by atoms with Crippen molar-refractivity contribution in [3.8, 4) is 0 Å². The van der Waals surface area contributed by atoms with E-state index in [1.165, 1.54) is 0 Å². The van der Waals surface area contributed by atoms with Crippen LogP contribution in [0.4, 0.5) is 16.4 Å². The predicted octanol–water partition coefficient (Wildman–Crippen LogP) is 4.72. The molecule has 0 saturated heterocycles. The van der Waals surface area contributed by atoms with Gasteiger partial charge in [-0.3, -0.25) is 4.79 Å². The normalized spacial score (nSPS) is 11.4. The largest absolute Gasteiger partial charge is 0.396 e. The summed E-state index contributed by atoms with van der Waals surface area (Å²) < 4.78 is 25.5. The zero-order chi connectivity index (χ0) is 20.5. The van der Waals surface area contributed by atoms with Crippen LogP contribution in [0.1, 0.15) is 33.3 Å². The molecule has 0 unspecified atom stereocenters. The van der Waals surface area contributed by atoms with Gasteiger partial charge in [-0.25, -0.2) is 8.42 Å². The van der Waals surface area contributed by atoms with Gasteiger partial charge < -0.3 is 11.1 Å². The van der Waals surface area contributed by atoms with Crippen LogP contribution in [0.5, 0.6) is 0 Å². The number of anilines is 3. The number of aryl methyl sites for hydroxylation is 2. The van der Waals surface area contributed by atoms with Crippen LogP contribution >= 0.6 is 11.3 Å². The highest BCUT2D eigenvalue weighted by Gasteiger charge is 2.29. The van der Waals surface area contributed by atoms with Crippen molar-refractivity contribution in [1.29, 1.82) is 0 Å². The Labute approximate surface area is 169 Å². The first-order valence-electron chi connectivity index (χ1n) is 8.83. The van der Waals surface area contributed by atoms with Gasteiger partial charge in [0.15, 0.2) is 9.84 Å². The van der Waals surface area contributed by atoms with Gasteiger partial charge in [0.1, 0.15) is 14.8 Å². The Balaban J connectivity index is 2.16. The minimum absolute atomic E-state index is 0.000173. The number of rotatable bonds is 6. The summed E-state index contributed by atoms with van der Waals surface area (Å²) in [7, 11) is -3.63. The molecule has 7 heteroatoms. The molecular weight excluding hydrogens is 392 g/mol. The molecule has 0 saturated carbocycles. The monoisotopic (exact) mass is 414 g/mol. The van der Waals surface area contributed by atoms with Crippen LogP contribution in [0, 0.1) is 13.8 Å². The minimum Gasteiger partial charge on any atom is -0.396 e. The fourth-order valence-electron chi connectivity index (χ4n) is 2.85. The van der Waals surface area contributed by atoms with E-state index in [2.05, 4.69) is 5.32 Å². The summed E-state index contributed by atoms with van der Waals surface area (Å²) in [5.41, 5.74) is 9.46. The van der Waals surface area contributed by atoms with Gasteiger partial charge in [-0.2, -0.15) is 0 Å². The van der Waals surface area contributed by atoms with E-state index in [-0.39, 0.29) is 27.0 Å². The highest BCUT2D eigenvalue weighted by molar-refractivity contribution is 7.92. The maximum atomic E-state index is 12.9. The third-order valence-electron chi connectivity index (χ3n) is 4.47. The van der Waals surface area contributed by atoms with E-state index in [4.69, 9.17) is 5.73 Å². The molecule has 0 aliphatic rings. The van der Waals surface area contributed by atoms with Crippen LogP contribution in [0.15, 0.2) is 53.4 Å². The van der Waals surface area contributed by atoms with Gasteiger partial charge in [0.05, 0.1) is 11.4 Å². The standard InChI is InChI=1S/C21H22N2O3S2/c1-4-28(25,26)20-17(22)19(18(24)15-8-6-5-7-9-15)27-21(20)23-16-12-13(2)10-11-14(16)3/h5-12,23H,4,22H2,1-3H3. The molecule has 146 valence electrons. The van der Waals surface area contributed by atoms with Gasteiger partial charge >= 0.3 is 0 Å². The highest BCUT2D eigenvalue weighted by atomic mass is 32.2. The van der Waals surface area contributed by atoms with Crippen molar-refractivity contribution in [2.75, 3.05) is 16.8 Å². The first kappa shape index (κ1) is 20.1. The van der Waals surface area contributed by atoms with E-state index in [0.717, 1.165) is 28.2 Å². The van der Waals surface area contributed by atoms with Crippen molar-refractivity contribution >= 4 is 43.3 Å². The van der Waals surface area contributed by atoms with Crippen LogP contribution in [-0.2, 0) is 9.84 Å². The molecule has 2 aromatic carbocycles. The summed E-state index contributed by atoms with van der Waals surface area (Å²) in [4.78, 5) is 13.2. The minimum atomic E-state index is -3.63. The Hall–Kier alpha value is -2.64. The van der Waals surface area contributed by atoms with Crippen LogP contribution < -0.4 is 11.1 Å². The molecule has 0 fully saturated rings. The number of ketones is 1. The maximum absolute atomic E-state index is 12.9. The molecule has 0 atom stereocenters. The molecule has 0 spiro atoms. The number of nitrogens with two attached hydrogens (primary N) is 1. The van der Waals surface area contributed by atoms with Gasteiger partial charge in [-0.05, 0) is 31.0 Å². The summed E-state index contributed by atoms with van der Waals surface area (Å²) in [5.74, 6) is -0.390. The number of carbonyl (C=O) groups excluding carboxylic acids is 1. The highest BCUT2D eigenvalue weighted by Crippen LogP contribution is 2.42. The summed E-state index contributed by atoms with van der Waals surface area (Å²) in [6, 6.07) is 14.6. The number of carbonyl (C=O) groups is 1. The van der Waals surface area contributed by atoms with E-state index in [9.17, 15) is 13.2 Å². The Kier molecular flexibility index (Phi) is 5.58. The van der Waals surface area contributed by atoms with Crippen molar-refractivity contribution in [2.45, 2.75) is 25.7 Å². The van der Waals surface area contributed by atoms with Crippen molar-refractivity contribution in [1.82, 2.24) is 0 Å². The lowest BCUT2D eigenvalue weighted by Crippen LogP contribution is -2.09. The number of nitrogens with one attached hydrogen (secondary N) is 1. The third kappa shape index (κ3) is 3.81. The Bertz CT molecular complexity index is 1130. The average molecular weight is 415 g/mol. The average Bonchev–Trinajstić information content (AvgIpc) is 3.01. The lowest BCUT2D eigenvalue weighted by atomic mass is 10.1. The van der Waals surface area contributed by atoms with Gasteiger partial charge in [-0.1, -0.05) is 49.4 Å². The Morgan fingerprint density at radius 3 is 2.43 bits per heavy atom. The topological polar surface area (TPSA) is 89.3 Å². The summed E-state index contributed by atoms with van der Waals surface area (Å²) >= 11 is 1.08. The molecule has 28 heavy (non-hydrogen) atoms. The van der Waals surface area contributed by atoms with Gasteiger partial charge in [0.25, 0.3) is 0 Å². The second-order valence-corrected chi connectivity index (χ2v) is 9.78. The quantitative estimate of drug-likeness (QED) is 0.570. The van der Waals surface area contributed by atoms with Crippen LogP contribution in [0.2, 0.25) is 0 Å². The van der Waals surface area contributed by atoms with Gasteiger partial charge in [0.2, 0.25) is 5.78 Å². The molecule has 3 rings (SSSR count). The van der Waals surface area contributed by atoms with Crippen LogP contribution in [0.25, 0.3) is 0 Å². The van der Waals surface area contributed by atoms with E-state index in [1.54, 1.807) is 31.2 Å². The Morgan fingerprint density at radius 1 is 1.11 bits per heavy atom. The number of nitrogen functional groups attached to an aromatic ring is 1. The van der Waals surface area contributed by atoms with Crippen LogP contribution in [0.3, 0.4) is 0 Å². The van der Waals surface area contributed by atoms with Gasteiger partial charge in [0, 0.05) is 11.3 Å². The Morgan fingerprint density at radius 2 is 1.79 bits per heavy atom. The number of sulfone groups is 1.